The molecule has 0 aliphatic carbocycles. The molecule has 4 nitrogen and oxygen atoms in total. The van der Waals surface area contributed by atoms with Crippen molar-refractivity contribution in [1.82, 2.24) is 14.8 Å². The van der Waals surface area contributed by atoms with Crippen LogP contribution >= 0.6 is 11.6 Å². The molecule has 1 heterocycles. The normalized spacial score (nSPS) is 10.6. The first kappa shape index (κ1) is 12.8. The van der Waals surface area contributed by atoms with Gasteiger partial charge in [0, 0.05) is 11.6 Å². The van der Waals surface area contributed by atoms with Crippen LogP contribution < -0.4 is 5.32 Å². The number of hydrogen-bond donors (Lipinski definition) is 1. The number of halogens is 2. The summed E-state index contributed by atoms with van der Waals surface area (Å²) in [5.74, 6) is 0.412. The van der Waals surface area contributed by atoms with E-state index in [-0.39, 0.29) is 5.82 Å². The lowest BCUT2D eigenvalue weighted by Crippen LogP contribution is -2.10. The Hall–Kier alpha value is -1.62. The topological polar surface area (TPSA) is 42.7 Å². The molecule has 2 aromatic rings. The average Bonchev–Trinajstić information content (AvgIpc) is 2.76. The molecular weight excluding hydrogens is 255 g/mol. The van der Waals surface area contributed by atoms with Crippen molar-refractivity contribution in [2.24, 2.45) is 0 Å². The Morgan fingerprint density at radius 2 is 2.28 bits per heavy atom. The molecule has 6 heteroatoms. The van der Waals surface area contributed by atoms with Crippen LogP contribution in [0.5, 0.6) is 0 Å². The minimum Gasteiger partial charge on any atom is -0.375 e. The van der Waals surface area contributed by atoms with Gasteiger partial charge in [-0.25, -0.2) is 14.1 Å². The van der Waals surface area contributed by atoms with Crippen LogP contribution in [0.1, 0.15) is 19.2 Å². The number of nitrogens with zero attached hydrogens (tertiary/aromatic N) is 3. The largest absolute Gasteiger partial charge is 0.375 e. The van der Waals surface area contributed by atoms with E-state index in [9.17, 15) is 4.39 Å². The Labute approximate surface area is 110 Å². The number of aryl methyl sites for hydroxylation is 1. The van der Waals surface area contributed by atoms with Crippen molar-refractivity contribution in [3.05, 3.63) is 41.2 Å². The zero-order valence-corrected chi connectivity index (χ0v) is 10.8. The fraction of sp³-hybridized carbons (Fsp3) is 0.333. The molecule has 0 bridgehead atoms. The molecule has 0 radical (unpaired) electrons. The first-order valence-electron chi connectivity index (χ1n) is 5.76. The van der Waals surface area contributed by atoms with Gasteiger partial charge in [-0.2, -0.15) is 5.10 Å². The van der Waals surface area contributed by atoms with Gasteiger partial charge in [-0.1, -0.05) is 18.5 Å². The van der Waals surface area contributed by atoms with Crippen LogP contribution in [0, 0.1) is 5.82 Å². The molecule has 0 saturated heterocycles. The van der Waals surface area contributed by atoms with Crippen LogP contribution in [0.25, 0.3) is 0 Å². The van der Waals surface area contributed by atoms with Crippen molar-refractivity contribution in [3.8, 4) is 0 Å². The predicted octanol–water partition coefficient (Wildman–Crippen LogP) is 3.09. The molecule has 18 heavy (non-hydrogen) atoms. The van der Waals surface area contributed by atoms with Crippen LogP contribution in [0.15, 0.2) is 24.5 Å². The average molecular weight is 269 g/mol. The summed E-state index contributed by atoms with van der Waals surface area (Å²) < 4.78 is 15.3. The Bertz CT molecular complexity index is 527. The van der Waals surface area contributed by atoms with Crippen molar-refractivity contribution >= 4 is 17.3 Å². The van der Waals surface area contributed by atoms with Gasteiger partial charge in [-0.15, -0.1) is 0 Å². The van der Waals surface area contributed by atoms with E-state index in [2.05, 4.69) is 22.3 Å². The summed E-state index contributed by atoms with van der Waals surface area (Å²) in [5.41, 5.74) is 0.408. The van der Waals surface area contributed by atoms with Gasteiger partial charge in [0.2, 0.25) is 0 Å². The summed E-state index contributed by atoms with van der Waals surface area (Å²) in [5, 5.41) is 7.47. The second-order valence-corrected chi connectivity index (χ2v) is 4.31. The third-order valence-corrected chi connectivity index (χ3v) is 2.73. The highest BCUT2D eigenvalue weighted by Gasteiger charge is 2.06. The van der Waals surface area contributed by atoms with Gasteiger partial charge in [0.1, 0.15) is 18.0 Å². The second-order valence-electron chi connectivity index (χ2n) is 3.88. The number of aromatic nitrogens is 3. The van der Waals surface area contributed by atoms with Gasteiger partial charge in [0.15, 0.2) is 0 Å². The maximum Gasteiger partial charge on any atom is 0.147 e. The number of anilines is 1. The van der Waals surface area contributed by atoms with Gasteiger partial charge >= 0.3 is 0 Å². The summed E-state index contributed by atoms with van der Waals surface area (Å²) in [4.78, 5) is 4.14. The first-order valence-corrected chi connectivity index (χ1v) is 6.14. The van der Waals surface area contributed by atoms with E-state index in [1.165, 1.54) is 12.4 Å². The van der Waals surface area contributed by atoms with Crippen LogP contribution in [0.2, 0.25) is 5.02 Å². The fourth-order valence-corrected chi connectivity index (χ4v) is 1.79. The van der Waals surface area contributed by atoms with Crippen molar-refractivity contribution in [2.75, 3.05) is 5.32 Å². The lowest BCUT2D eigenvalue weighted by molar-refractivity contribution is 0.572. The minimum absolute atomic E-state index is 0.371. The van der Waals surface area contributed by atoms with E-state index in [1.54, 1.807) is 16.8 Å². The SMILES string of the molecule is CCCn1ncnc1CNc1ccc(Cl)cc1F. The molecule has 0 aliphatic rings. The highest BCUT2D eigenvalue weighted by molar-refractivity contribution is 6.30. The summed E-state index contributed by atoms with van der Waals surface area (Å²) in [7, 11) is 0. The second kappa shape index (κ2) is 5.82. The highest BCUT2D eigenvalue weighted by atomic mass is 35.5. The zero-order valence-electron chi connectivity index (χ0n) is 10.0. The van der Waals surface area contributed by atoms with E-state index in [4.69, 9.17) is 11.6 Å². The fourth-order valence-electron chi connectivity index (χ4n) is 1.63. The van der Waals surface area contributed by atoms with Crippen molar-refractivity contribution in [1.29, 1.82) is 0 Å². The maximum absolute atomic E-state index is 13.5. The van der Waals surface area contributed by atoms with Crippen molar-refractivity contribution < 1.29 is 4.39 Å². The number of hydrogen-bond acceptors (Lipinski definition) is 3. The number of rotatable bonds is 5. The molecule has 2 rings (SSSR count). The van der Waals surface area contributed by atoms with E-state index in [1.807, 2.05) is 0 Å². The standard InChI is InChI=1S/C12H14ClFN4/c1-2-5-18-12(16-8-17-18)7-15-11-4-3-9(13)6-10(11)14/h3-4,6,8,15H,2,5,7H2,1H3. The molecule has 0 spiro atoms. The van der Waals surface area contributed by atoms with Gasteiger partial charge in [0.05, 0.1) is 12.2 Å². The van der Waals surface area contributed by atoms with Crippen LogP contribution in [-0.2, 0) is 13.1 Å². The summed E-state index contributed by atoms with van der Waals surface area (Å²) in [6.07, 6.45) is 2.48. The van der Waals surface area contributed by atoms with Crippen LogP contribution in [-0.4, -0.2) is 14.8 Å². The van der Waals surface area contributed by atoms with Gasteiger partial charge in [-0.3, -0.25) is 0 Å². The summed E-state index contributed by atoms with van der Waals surface area (Å²) in [6, 6.07) is 4.53. The summed E-state index contributed by atoms with van der Waals surface area (Å²) >= 11 is 5.69. The Balaban J connectivity index is 2.04. The number of benzene rings is 1. The Morgan fingerprint density at radius 3 is 3.00 bits per heavy atom. The quantitative estimate of drug-likeness (QED) is 0.906. The zero-order chi connectivity index (χ0) is 13.0. The van der Waals surface area contributed by atoms with E-state index < -0.39 is 0 Å². The monoisotopic (exact) mass is 268 g/mol. The van der Waals surface area contributed by atoms with Gasteiger partial charge in [0.25, 0.3) is 0 Å². The molecule has 1 N–H and O–H groups in total. The molecule has 1 aromatic carbocycles. The maximum atomic E-state index is 13.5. The van der Waals surface area contributed by atoms with Crippen LogP contribution in [0.3, 0.4) is 0 Å². The third-order valence-electron chi connectivity index (χ3n) is 2.50. The molecule has 0 amide bonds. The Kier molecular flexibility index (Phi) is 4.15. The van der Waals surface area contributed by atoms with E-state index in [0.29, 0.717) is 17.3 Å². The van der Waals surface area contributed by atoms with Crippen molar-refractivity contribution in [3.63, 3.8) is 0 Å². The lowest BCUT2D eigenvalue weighted by Gasteiger charge is -2.08. The smallest absolute Gasteiger partial charge is 0.147 e. The van der Waals surface area contributed by atoms with E-state index in [0.717, 1.165) is 18.8 Å². The van der Waals surface area contributed by atoms with Crippen LogP contribution in [0.4, 0.5) is 10.1 Å². The molecule has 1 aromatic heterocycles. The molecule has 0 atom stereocenters. The molecule has 96 valence electrons. The molecular formula is C12H14ClFN4. The predicted molar refractivity (Wildman–Crippen MR) is 69.0 cm³/mol. The molecule has 0 aliphatic heterocycles. The lowest BCUT2D eigenvalue weighted by atomic mass is 10.3. The van der Waals surface area contributed by atoms with E-state index >= 15 is 0 Å². The van der Waals surface area contributed by atoms with Gasteiger partial charge in [-0.05, 0) is 24.6 Å². The van der Waals surface area contributed by atoms with Gasteiger partial charge < -0.3 is 5.32 Å². The minimum atomic E-state index is -0.371. The highest BCUT2D eigenvalue weighted by Crippen LogP contribution is 2.19. The molecule has 0 fully saturated rings. The number of nitrogens with one attached hydrogen (secondary N) is 1. The molecule has 0 unspecified atom stereocenters. The van der Waals surface area contributed by atoms with Crippen molar-refractivity contribution in [2.45, 2.75) is 26.4 Å². The first-order chi connectivity index (χ1) is 8.70. The summed E-state index contributed by atoms with van der Waals surface area (Å²) in [6.45, 7) is 3.30. The molecule has 0 saturated carbocycles. The third kappa shape index (κ3) is 2.98. The Morgan fingerprint density at radius 1 is 1.44 bits per heavy atom.